The second-order valence-corrected chi connectivity index (χ2v) is 13.2. The van der Waals surface area contributed by atoms with Gasteiger partial charge in [0.2, 0.25) is 0 Å². The molecule has 2 heterocycles. The van der Waals surface area contributed by atoms with Crippen LogP contribution in [0.1, 0.15) is 64.6 Å². The van der Waals surface area contributed by atoms with Gasteiger partial charge in [0.1, 0.15) is 11.1 Å². The summed E-state index contributed by atoms with van der Waals surface area (Å²) in [5, 5.41) is 26.9. The zero-order chi connectivity index (χ0) is 35.1. The van der Waals surface area contributed by atoms with Crippen LogP contribution in [0.4, 0.5) is 9.59 Å². The number of Topliss-reactive ketones (excluding diaryl/α,β-unsaturated/α-hetero) is 1. The standard InChI is InChI=1S/C36H43N7O6/c1-36(2,3)49-34(46)39-29(14-11-23-8-6-5-7-9-23)32(44)27-13-10-24(18-26-22-37-16-17-43(26)35(47)48)19-28(27)33(45)38-21-25-12-15-31-30(20-25)40-41-42(31)4/h5-10,12-13,15,19-20,26,29,37H,11,14,16-18,21-22H2,1-4H3,(H,38,45)(H,39,46)(H,47,48)/t26-,29?/m0/s1. The number of aryl methyl sites for hydroxylation is 2. The van der Waals surface area contributed by atoms with E-state index in [1.54, 1.807) is 50.7 Å². The van der Waals surface area contributed by atoms with Gasteiger partial charge in [-0.3, -0.25) is 9.59 Å². The molecule has 2 atom stereocenters. The van der Waals surface area contributed by atoms with Gasteiger partial charge in [-0.25, -0.2) is 14.3 Å². The summed E-state index contributed by atoms with van der Waals surface area (Å²) in [5.74, 6) is -0.925. The van der Waals surface area contributed by atoms with E-state index in [1.165, 1.54) is 4.90 Å². The van der Waals surface area contributed by atoms with Crippen LogP contribution in [0.15, 0.2) is 66.7 Å². The highest BCUT2D eigenvalue weighted by atomic mass is 16.6. The monoisotopic (exact) mass is 669 g/mol. The molecular formula is C36H43N7O6. The third-order valence-electron chi connectivity index (χ3n) is 8.36. The lowest BCUT2D eigenvalue weighted by Gasteiger charge is -2.34. The lowest BCUT2D eigenvalue weighted by Crippen LogP contribution is -2.54. The Labute approximate surface area is 285 Å². The van der Waals surface area contributed by atoms with Gasteiger partial charge in [0.05, 0.1) is 23.2 Å². The number of piperazine rings is 1. The Balaban J connectivity index is 1.45. The number of benzene rings is 3. The number of hydrogen-bond acceptors (Lipinski definition) is 8. The van der Waals surface area contributed by atoms with Gasteiger partial charge in [-0.1, -0.05) is 53.7 Å². The number of carboxylic acid groups (broad SMARTS) is 1. The minimum absolute atomic E-state index is 0.129. The fraction of sp³-hybridized carbons (Fsp3) is 0.389. The molecule has 5 rings (SSSR count). The van der Waals surface area contributed by atoms with E-state index in [4.69, 9.17) is 4.74 Å². The fourth-order valence-corrected chi connectivity index (χ4v) is 5.92. The minimum Gasteiger partial charge on any atom is -0.465 e. The quantitative estimate of drug-likeness (QED) is 0.172. The molecule has 1 aromatic heterocycles. The van der Waals surface area contributed by atoms with E-state index in [0.717, 1.165) is 16.6 Å². The van der Waals surface area contributed by atoms with Crippen molar-refractivity contribution in [2.24, 2.45) is 7.05 Å². The Morgan fingerprint density at radius 2 is 1.76 bits per heavy atom. The van der Waals surface area contributed by atoms with Crippen molar-refractivity contribution in [1.29, 1.82) is 0 Å². The molecular weight excluding hydrogens is 626 g/mol. The summed E-state index contributed by atoms with van der Waals surface area (Å²) in [7, 11) is 1.80. The van der Waals surface area contributed by atoms with Gasteiger partial charge in [0.15, 0.2) is 5.78 Å². The third kappa shape index (κ3) is 9.20. The molecule has 49 heavy (non-hydrogen) atoms. The van der Waals surface area contributed by atoms with E-state index in [0.29, 0.717) is 43.6 Å². The molecule has 0 bridgehead atoms. The summed E-state index contributed by atoms with van der Waals surface area (Å²) in [4.78, 5) is 54.4. The smallest absolute Gasteiger partial charge is 0.408 e. The maximum Gasteiger partial charge on any atom is 0.408 e. The van der Waals surface area contributed by atoms with Crippen molar-refractivity contribution in [2.45, 2.75) is 64.3 Å². The molecule has 1 saturated heterocycles. The Kier molecular flexibility index (Phi) is 10.9. The molecule has 1 aliphatic rings. The van der Waals surface area contributed by atoms with Crippen LogP contribution in [-0.4, -0.2) is 86.2 Å². The lowest BCUT2D eigenvalue weighted by atomic mass is 9.91. The Morgan fingerprint density at radius 1 is 1.00 bits per heavy atom. The van der Waals surface area contributed by atoms with E-state index in [1.807, 2.05) is 48.5 Å². The molecule has 3 amide bonds. The zero-order valence-corrected chi connectivity index (χ0v) is 28.2. The number of ketones is 1. The number of hydrogen-bond donors (Lipinski definition) is 4. The third-order valence-corrected chi connectivity index (χ3v) is 8.36. The number of nitrogens with one attached hydrogen (secondary N) is 3. The van der Waals surface area contributed by atoms with Crippen molar-refractivity contribution < 1.29 is 29.0 Å². The average molecular weight is 670 g/mol. The van der Waals surface area contributed by atoms with Crippen molar-refractivity contribution in [2.75, 3.05) is 19.6 Å². The van der Waals surface area contributed by atoms with Crippen molar-refractivity contribution in [3.05, 3.63) is 94.5 Å². The molecule has 0 aliphatic carbocycles. The van der Waals surface area contributed by atoms with Crippen molar-refractivity contribution in [3.8, 4) is 0 Å². The molecule has 0 radical (unpaired) electrons. The molecule has 0 spiro atoms. The maximum atomic E-state index is 14.3. The van der Waals surface area contributed by atoms with E-state index >= 15 is 0 Å². The number of fused-ring (bicyclic) bond motifs is 1. The van der Waals surface area contributed by atoms with Crippen LogP contribution >= 0.6 is 0 Å². The second-order valence-electron chi connectivity index (χ2n) is 13.2. The van der Waals surface area contributed by atoms with Crippen LogP contribution in [0, 0.1) is 0 Å². The average Bonchev–Trinajstić information content (AvgIpc) is 3.44. The zero-order valence-electron chi connectivity index (χ0n) is 28.2. The summed E-state index contributed by atoms with van der Waals surface area (Å²) < 4.78 is 7.15. The predicted molar refractivity (Wildman–Crippen MR) is 183 cm³/mol. The molecule has 1 unspecified atom stereocenters. The summed E-state index contributed by atoms with van der Waals surface area (Å²) in [6.07, 6.45) is -0.641. The number of alkyl carbamates (subject to hydrolysis) is 1. The lowest BCUT2D eigenvalue weighted by molar-refractivity contribution is 0.0488. The number of ether oxygens (including phenoxy) is 1. The van der Waals surface area contributed by atoms with Gasteiger partial charge >= 0.3 is 12.2 Å². The highest BCUT2D eigenvalue weighted by Crippen LogP contribution is 2.21. The number of carbonyl (C=O) groups excluding carboxylic acids is 3. The number of amides is 3. The maximum absolute atomic E-state index is 14.3. The van der Waals surface area contributed by atoms with Crippen LogP contribution in [-0.2, 0) is 31.2 Å². The molecule has 4 aromatic rings. The highest BCUT2D eigenvalue weighted by molar-refractivity contribution is 6.10. The SMILES string of the molecule is Cn1nnc2cc(CNC(=O)c3cc(C[C@H]4CNCCN4C(=O)O)ccc3C(=O)C(CCc3ccccc3)NC(=O)OC(C)(C)C)ccc21. The summed E-state index contributed by atoms with van der Waals surface area (Å²) in [6.45, 7) is 6.74. The molecule has 13 heteroatoms. The number of nitrogens with zero attached hydrogens (tertiary/aromatic N) is 4. The minimum atomic E-state index is -1.01. The molecule has 0 saturated carbocycles. The van der Waals surface area contributed by atoms with Gasteiger partial charge < -0.3 is 30.7 Å². The van der Waals surface area contributed by atoms with Gasteiger partial charge in [-0.05, 0) is 74.9 Å². The van der Waals surface area contributed by atoms with E-state index in [9.17, 15) is 24.3 Å². The first-order valence-corrected chi connectivity index (χ1v) is 16.4. The Hall–Kier alpha value is -5.30. The summed E-state index contributed by atoms with van der Waals surface area (Å²) in [5.41, 5.74) is 3.50. The first-order valence-electron chi connectivity index (χ1n) is 16.4. The molecule has 1 aliphatic heterocycles. The molecule has 13 nitrogen and oxygen atoms in total. The van der Waals surface area contributed by atoms with Crippen LogP contribution in [0.3, 0.4) is 0 Å². The summed E-state index contributed by atoms with van der Waals surface area (Å²) in [6, 6.07) is 18.8. The predicted octanol–water partition coefficient (Wildman–Crippen LogP) is 4.10. The molecule has 3 aromatic carbocycles. The molecule has 258 valence electrons. The normalized spacial score (nSPS) is 15.4. The first kappa shape index (κ1) is 35.0. The van der Waals surface area contributed by atoms with Crippen molar-refractivity contribution >= 4 is 34.9 Å². The van der Waals surface area contributed by atoms with E-state index in [-0.39, 0.29) is 30.1 Å². The molecule has 4 N–H and O–H groups in total. The number of aromatic nitrogens is 3. The first-order chi connectivity index (χ1) is 23.4. The van der Waals surface area contributed by atoms with Crippen LogP contribution < -0.4 is 16.0 Å². The Morgan fingerprint density at radius 3 is 2.49 bits per heavy atom. The van der Waals surface area contributed by atoms with E-state index < -0.39 is 35.5 Å². The van der Waals surface area contributed by atoms with Crippen LogP contribution in [0.25, 0.3) is 11.0 Å². The second kappa shape index (κ2) is 15.3. The van der Waals surface area contributed by atoms with Crippen molar-refractivity contribution in [3.63, 3.8) is 0 Å². The van der Waals surface area contributed by atoms with Crippen LogP contribution in [0.2, 0.25) is 0 Å². The van der Waals surface area contributed by atoms with Crippen LogP contribution in [0.5, 0.6) is 0 Å². The highest BCUT2D eigenvalue weighted by Gasteiger charge is 2.30. The van der Waals surface area contributed by atoms with Gasteiger partial charge in [-0.2, -0.15) is 0 Å². The fourth-order valence-electron chi connectivity index (χ4n) is 5.92. The van der Waals surface area contributed by atoms with Gasteiger partial charge in [-0.15, -0.1) is 5.10 Å². The number of rotatable bonds is 11. The van der Waals surface area contributed by atoms with Gasteiger partial charge in [0.25, 0.3) is 5.91 Å². The largest absolute Gasteiger partial charge is 0.465 e. The Bertz CT molecular complexity index is 1820. The summed E-state index contributed by atoms with van der Waals surface area (Å²) >= 11 is 0. The van der Waals surface area contributed by atoms with E-state index in [2.05, 4.69) is 26.3 Å². The van der Waals surface area contributed by atoms with Crippen molar-refractivity contribution in [1.82, 2.24) is 35.8 Å². The number of carbonyl (C=O) groups is 4. The van der Waals surface area contributed by atoms with Gasteiger partial charge in [0, 0.05) is 38.8 Å². The topological polar surface area (TPSA) is 168 Å². The molecule has 1 fully saturated rings.